The van der Waals surface area contributed by atoms with Crippen molar-refractivity contribution in [2.45, 2.75) is 0 Å². The fourth-order valence-electron chi connectivity index (χ4n) is 0. The van der Waals surface area contributed by atoms with Gasteiger partial charge in [-0.25, -0.2) is 0 Å². The van der Waals surface area contributed by atoms with Gasteiger partial charge >= 0.3 is 118 Å². The van der Waals surface area contributed by atoms with Gasteiger partial charge in [0.05, 0.1) is 0 Å². The molecule has 0 saturated heterocycles. The molecule has 0 atom stereocenters. The van der Waals surface area contributed by atoms with Crippen LogP contribution in [-0.4, -0.2) is 0 Å². The molecular weight excluding hydrogens is 242 g/mol. The minimum Gasteiger partial charge on any atom is 1.00 e. The van der Waals surface area contributed by atoms with E-state index in [-0.39, 0.29) is 118 Å². The van der Waals surface area contributed by atoms with Crippen LogP contribution in [0, 0.1) is 0 Å². The van der Waals surface area contributed by atoms with Gasteiger partial charge in [0, 0.05) is 0 Å². The Labute approximate surface area is 115 Å². The third kappa shape index (κ3) is 18.1. The summed E-state index contributed by atoms with van der Waals surface area (Å²) in [6.45, 7) is 0. The second-order valence-corrected chi connectivity index (χ2v) is 0. The topological polar surface area (TPSA) is 0 Å². The summed E-state index contributed by atoms with van der Waals surface area (Å²) in [4.78, 5) is 0. The summed E-state index contributed by atoms with van der Waals surface area (Å²) in [6.07, 6.45) is 0. The summed E-state index contributed by atoms with van der Waals surface area (Å²) in [6, 6.07) is 0. The van der Waals surface area contributed by atoms with Crippen molar-refractivity contribution in [3.05, 3.63) is 0 Å². The zero-order valence-corrected chi connectivity index (χ0v) is 17.0. The first-order valence-electron chi connectivity index (χ1n) is 0. The second kappa shape index (κ2) is 24.8. The van der Waals surface area contributed by atoms with E-state index < -0.39 is 0 Å². The molecule has 5 heteroatoms. The van der Waals surface area contributed by atoms with Crippen LogP contribution in [0.4, 0.5) is 0 Å². The average Bonchev–Trinajstić information content (AvgIpc) is 0. The molecule has 0 fully saturated rings. The minimum absolute atomic E-state index is 0. The molecule has 0 valence electrons. The fourth-order valence-corrected chi connectivity index (χ4v) is 0. The van der Waals surface area contributed by atoms with E-state index in [1.807, 2.05) is 0 Å². The van der Waals surface area contributed by atoms with E-state index in [1.54, 1.807) is 0 Å². The Hall–Kier alpha value is 3.87. The molecule has 0 aliphatic carbocycles. The Morgan fingerprint density at radius 1 is 0.400 bits per heavy atom. The SMILES string of the molecule is [Na+].[Na+].[Zn+2].[Zn+2].[Zn+2]. The van der Waals surface area contributed by atoms with Gasteiger partial charge in [-0.2, -0.15) is 0 Å². The minimum atomic E-state index is 0. The molecule has 0 bridgehead atoms. The van der Waals surface area contributed by atoms with Crippen LogP contribution in [0.15, 0.2) is 0 Å². The van der Waals surface area contributed by atoms with Gasteiger partial charge in [-0.3, -0.25) is 0 Å². The van der Waals surface area contributed by atoms with Crippen molar-refractivity contribution in [1.29, 1.82) is 0 Å². The molecule has 0 amide bonds. The summed E-state index contributed by atoms with van der Waals surface area (Å²) in [7, 11) is 0. The van der Waals surface area contributed by atoms with Crippen molar-refractivity contribution >= 4 is 0 Å². The molecule has 0 aromatic rings. The molecule has 0 spiro atoms. The Morgan fingerprint density at radius 3 is 0.400 bits per heavy atom. The summed E-state index contributed by atoms with van der Waals surface area (Å²) in [5.41, 5.74) is 0. The second-order valence-electron chi connectivity index (χ2n) is 0. The summed E-state index contributed by atoms with van der Waals surface area (Å²) in [5, 5.41) is 0. The van der Waals surface area contributed by atoms with Gasteiger partial charge < -0.3 is 0 Å². The third-order valence-corrected chi connectivity index (χ3v) is 0. The summed E-state index contributed by atoms with van der Waals surface area (Å²) < 4.78 is 0. The van der Waals surface area contributed by atoms with Crippen LogP contribution in [0.25, 0.3) is 0 Å². The molecule has 0 aliphatic rings. The van der Waals surface area contributed by atoms with Crippen LogP contribution in [0.5, 0.6) is 0 Å². The predicted octanol–water partition coefficient (Wildman–Crippen LogP) is -6.00. The first kappa shape index (κ1) is 36.7. The molecule has 0 N–H and O–H groups in total. The standard InChI is InChI=1S/2Na.3Zn/q2*+1;3*+2. The van der Waals surface area contributed by atoms with Gasteiger partial charge in [0.1, 0.15) is 0 Å². The van der Waals surface area contributed by atoms with Crippen LogP contribution in [-0.2, 0) is 58.4 Å². The Kier molecular flexibility index (Phi) is 182. The zero-order chi connectivity index (χ0) is 0. The number of hydrogen-bond donors (Lipinski definition) is 0. The normalized spacial score (nSPS) is 0. The van der Waals surface area contributed by atoms with Crippen LogP contribution in [0.1, 0.15) is 0 Å². The molecule has 0 aliphatic heterocycles. The maximum atomic E-state index is 0. The van der Waals surface area contributed by atoms with Crippen LogP contribution in [0.2, 0.25) is 0 Å². The molecule has 0 aromatic heterocycles. The smallest absolute Gasteiger partial charge is 1.00 e. The fraction of sp³-hybridized carbons (Fsp3) is 0. The first-order valence-corrected chi connectivity index (χ1v) is 0. The maximum absolute atomic E-state index is 0. The van der Waals surface area contributed by atoms with E-state index in [4.69, 9.17) is 0 Å². The summed E-state index contributed by atoms with van der Waals surface area (Å²) in [5.74, 6) is 0. The molecular formula is Na2Zn3+8. The predicted molar refractivity (Wildman–Crippen MR) is 0 cm³/mol. The number of rotatable bonds is 0. The molecule has 0 nitrogen and oxygen atoms in total. The molecule has 5 heavy (non-hydrogen) atoms. The molecule has 0 unspecified atom stereocenters. The average molecular weight is 242 g/mol. The van der Waals surface area contributed by atoms with E-state index in [1.165, 1.54) is 0 Å². The van der Waals surface area contributed by atoms with Crippen molar-refractivity contribution in [2.75, 3.05) is 0 Å². The van der Waals surface area contributed by atoms with Gasteiger partial charge in [0.15, 0.2) is 0 Å². The maximum Gasteiger partial charge on any atom is 2.00 e. The Balaban J connectivity index is 0. The quantitative estimate of drug-likeness (QED) is 0.371. The monoisotopic (exact) mass is 238 g/mol. The Bertz CT molecular complexity index is 4.85. The molecule has 0 heterocycles. The molecule has 0 radical (unpaired) electrons. The van der Waals surface area contributed by atoms with Gasteiger partial charge in [-0.15, -0.1) is 0 Å². The van der Waals surface area contributed by atoms with E-state index in [0.29, 0.717) is 0 Å². The van der Waals surface area contributed by atoms with Gasteiger partial charge in [0.2, 0.25) is 0 Å². The van der Waals surface area contributed by atoms with Crippen molar-refractivity contribution in [3.8, 4) is 0 Å². The van der Waals surface area contributed by atoms with E-state index >= 15 is 0 Å². The van der Waals surface area contributed by atoms with Crippen molar-refractivity contribution in [2.24, 2.45) is 0 Å². The number of hydrogen-bond acceptors (Lipinski definition) is 0. The van der Waals surface area contributed by atoms with Gasteiger partial charge in [0.25, 0.3) is 0 Å². The zero-order valence-electron chi connectivity index (χ0n) is 4.12. The molecule has 0 aromatic carbocycles. The third-order valence-electron chi connectivity index (χ3n) is 0. The Morgan fingerprint density at radius 2 is 0.400 bits per heavy atom. The van der Waals surface area contributed by atoms with Crippen LogP contribution < -0.4 is 59.1 Å². The van der Waals surface area contributed by atoms with E-state index in [2.05, 4.69) is 0 Å². The van der Waals surface area contributed by atoms with Crippen LogP contribution >= 0.6 is 0 Å². The van der Waals surface area contributed by atoms with Crippen LogP contribution in [0.3, 0.4) is 0 Å². The van der Waals surface area contributed by atoms with Crippen molar-refractivity contribution < 1.29 is 118 Å². The van der Waals surface area contributed by atoms with Gasteiger partial charge in [-0.1, -0.05) is 0 Å². The molecule has 0 saturated carbocycles. The van der Waals surface area contributed by atoms with Crippen molar-refractivity contribution in [3.63, 3.8) is 0 Å². The van der Waals surface area contributed by atoms with E-state index in [9.17, 15) is 0 Å². The first-order chi connectivity index (χ1) is 0. The van der Waals surface area contributed by atoms with Crippen molar-refractivity contribution in [1.82, 2.24) is 0 Å². The largest absolute Gasteiger partial charge is 2.00 e. The van der Waals surface area contributed by atoms with Gasteiger partial charge in [-0.05, 0) is 0 Å². The summed E-state index contributed by atoms with van der Waals surface area (Å²) >= 11 is 0. The molecule has 0 rings (SSSR count). The van der Waals surface area contributed by atoms with E-state index in [0.717, 1.165) is 0 Å².